The van der Waals surface area contributed by atoms with Crippen molar-refractivity contribution in [3.8, 4) is 11.8 Å². The summed E-state index contributed by atoms with van der Waals surface area (Å²) in [4.78, 5) is 4.21. The van der Waals surface area contributed by atoms with Crippen molar-refractivity contribution < 1.29 is 4.74 Å². The maximum absolute atomic E-state index is 9.88. The molecule has 0 saturated carbocycles. The van der Waals surface area contributed by atoms with Gasteiger partial charge in [0.1, 0.15) is 17.4 Å². The van der Waals surface area contributed by atoms with Crippen molar-refractivity contribution in [2.45, 2.75) is 5.92 Å². The number of hydrogen-bond donors (Lipinski definition) is 2. The van der Waals surface area contributed by atoms with E-state index in [1.54, 1.807) is 18.5 Å². The number of nitriles is 1. The highest BCUT2D eigenvalue weighted by atomic mass is 16.5. The van der Waals surface area contributed by atoms with Gasteiger partial charge in [0, 0.05) is 35.4 Å². The first-order valence-corrected chi connectivity index (χ1v) is 8.20. The number of allylic oxidation sites excluding steroid dienone is 1. The zero-order valence-corrected chi connectivity index (χ0v) is 13.9. The number of benzene rings is 2. The molecular formula is C21H16N4O. The molecule has 0 fully saturated rings. The number of aromatic nitrogens is 1. The lowest BCUT2D eigenvalue weighted by atomic mass is 9.84. The number of rotatable bonds is 3. The third-order valence-electron chi connectivity index (χ3n) is 4.26. The summed E-state index contributed by atoms with van der Waals surface area (Å²) in [6.45, 7) is 0. The molecule has 0 saturated heterocycles. The topological polar surface area (TPSA) is 84.0 Å². The Morgan fingerprint density at radius 2 is 1.92 bits per heavy atom. The molecule has 4 rings (SSSR count). The van der Waals surface area contributed by atoms with Gasteiger partial charge in [-0.25, -0.2) is 0 Å². The molecule has 2 heterocycles. The van der Waals surface area contributed by atoms with Crippen molar-refractivity contribution in [1.29, 1.82) is 5.26 Å². The van der Waals surface area contributed by atoms with Crippen LogP contribution in [0.2, 0.25) is 0 Å². The van der Waals surface area contributed by atoms with Crippen LogP contribution in [0.1, 0.15) is 17.0 Å². The van der Waals surface area contributed by atoms with Gasteiger partial charge in [-0.1, -0.05) is 30.3 Å². The SMILES string of the molecule is N#CC1=C(Nc2ccccc2)Oc2cc(N)ccc2C1c1cccnc1. The summed E-state index contributed by atoms with van der Waals surface area (Å²) in [6, 6.07) is 21.2. The molecule has 1 aromatic heterocycles. The van der Waals surface area contributed by atoms with E-state index in [9.17, 15) is 5.26 Å². The highest BCUT2D eigenvalue weighted by Crippen LogP contribution is 2.43. The molecule has 0 spiro atoms. The Balaban J connectivity index is 1.87. The number of nitrogens with zero attached hydrogens (tertiary/aromatic N) is 2. The van der Waals surface area contributed by atoms with E-state index in [1.807, 2.05) is 54.6 Å². The monoisotopic (exact) mass is 340 g/mol. The average molecular weight is 340 g/mol. The molecule has 1 unspecified atom stereocenters. The number of nitrogens with one attached hydrogen (secondary N) is 1. The summed E-state index contributed by atoms with van der Waals surface area (Å²) in [5, 5.41) is 13.1. The first-order chi connectivity index (χ1) is 12.8. The Kier molecular flexibility index (Phi) is 4.00. The summed E-state index contributed by atoms with van der Waals surface area (Å²) < 4.78 is 6.02. The predicted molar refractivity (Wildman–Crippen MR) is 100 cm³/mol. The molecule has 3 N–H and O–H groups in total. The maximum atomic E-state index is 9.88. The van der Waals surface area contributed by atoms with Crippen LogP contribution in [0, 0.1) is 11.3 Å². The Labute approximate surface area is 151 Å². The van der Waals surface area contributed by atoms with E-state index < -0.39 is 0 Å². The second kappa shape index (κ2) is 6.61. The van der Waals surface area contributed by atoms with Crippen LogP contribution in [0.3, 0.4) is 0 Å². The van der Waals surface area contributed by atoms with Crippen molar-refractivity contribution in [3.63, 3.8) is 0 Å². The number of hydrogen-bond acceptors (Lipinski definition) is 5. The minimum absolute atomic E-state index is 0.274. The van der Waals surface area contributed by atoms with Crippen LogP contribution in [-0.4, -0.2) is 4.98 Å². The van der Waals surface area contributed by atoms with Gasteiger partial charge in [0.15, 0.2) is 0 Å². The summed E-state index contributed by atoms with van der Waals surface area (Å²) in [7, 11) is 0. The molecule has 0 radical (unpaired) electrons. The van der Waals surface area contributed by atoms with Crippen LogP contribution >= 0.6 is 0 Å². The lowest BCUT2D eigenvalue weighted by Crippen LogP contribution is -2.21. The van der Waals surface area contributed by atoms with Crippen LogP contribution in [0.15, 0.2) is 84.5 Å². The molecule has 0 aliphatic carbocycles. The van der Waals surface area contributed by atoms with Gasteiger partial charge in [-0.15, -0.1) is 0 Å². The van der Waals surface area contributed by atoms with Crippen LogP contribution in [0.4, 0.5) is 11.4 Å². The molecule has 3 aromatic rings. The lowest BCUT2D eigenvalue weighted by molar-refractivity contribution is 0.406. The Hall–Kier alpha value is -3.78. The molecule has 1 atom stereocenters. The number of nitrogen functional groups attached to an aromatic ring is 1. The number of para-hydroxylation sites is 1. The first-order valence-electron chi connectivity index (χ1n) is 8.20. The molecule has 0 amide bonds. The van der Waals surface area contributed by atoms with E-state index in [-0.39, 0.29) is 5.92 Å². The van der Waals surface area contributed by atoms with Crippen molar-refractivity contribution in [2.75, 3.05) is 11.1 Å². The average Bonchev–Trinajstić information content (AvgIpc) is 2.68. The van der Waals surface area contributed by atoms with E-state index >= 15 is 0 Å². The first kappa shape index (κ1) is 15.7. The van der Waals surface area contributed by atoms with Crippen LogP contribution in [-0.2, 0) is 0 Å². The van der Waals surface area contributed by atoms with Gasteiger partial charge in [0.2, 0.25) is 5.88 Å². The van der Waals surface area contributed by atoms with E-state index in [4.69, 9.17) is 10.5 Å². The summed E-state index contributed by atoms with van der Waals surface area (Å²) in [5.74, 6) is 0.770. The minimum Gasteiger partial charge on any atom is -0.440 e. The number of pyridine rings is 1. The van der Waals surface area contributed by atoms with E-state index in [0.717, 1.165) is 16.8 Å². The predicted octanol–water partition coefficient (Wildman–Crippen LogP) is 4.04. The molecular weight excluding hydrogens is 324 g/mol. The Bertz CT molecular complexity index is 1010. The van der Waals surface area contributed by atoms with Crippen molar-refractivity contribution in [1.82, 2.24) is 4.98 Å². The molecule has 126 valence electrons. The minimum atomic E-state index is -0.274. The maximum Gasteiger partial charge on any atom is 0.212 e. The van der Waals surface area contributed by atoms with Crippen LogP contribution in [0.25, 0.3) is 0 Å². The molecule has 0 bridgehead atoms. The molecule has 5 nitrogen and oxygen atoms in total. The Morgan fingerprint density at radius 1 is 1.08 bits per heavy atom. The molecule has 26 heavy (non-hydrogen) atoms. The summed E-state index contributed by atoms with van der Waals surface area (Å²) in [5.41, 5.74) is 9.69. The fourth-order valence-corrected chi connectivity index (χ4v) is 3.08. The van der Waals surface area contributed by atoms with E-state index in [2.05, 4.69) is 16.4 Å². The van der Waals surface area contributed by atoms with Crippen molar-refractivity contribution in [3.05, 3.63) is 95.6 Å². The van der Waals surface area contributed by atoms with E-state index in [1.165, 1.54) is 0 Å². The second-order valence-electron chi connectivity index (χ2n) is 5.96. The van der Waals surface area contributed by atoms with Gasteiger partial charge in [-0.3, -0.25) is 4.98 Å². The zero-order chi connectivity index (χ0) is 17.9. The van der Waals surface area contributed by atoms with Gasteiger partial charge in [0.05, 0.1) is 5.92 Å². The van der Waals surface area contributed by atoms with Gasteiger partial charge >= 0.3 is 0 Å². The molecule has 5 heteroatoms. The fraction of sp³-hybridized carbons (Fsp3) is 0.0476. The number of fused-ring (bicyclic) bond motifs is 1. The zero-order valence-electron chi connectivity index (χ0n) is 13.9. The fourth-order valence-electron chi connectivity index (χ4n) is 3.08. The van der Waals surface area contributed by atoms with Crippen LogP contribution in [0.5, 0.6) is 5.75 Å². The largest absolute Gasteiger partial charge is 0.440 e. The van der Waals surface area contributed by atoms with Crippen molar-refractivity contribution >= 4 is 11.4 Å². The van der Waals surface area contributed by atoms with Crippen molar-refractivity contribution in [2.24, 2.45) is 0 Å². The smallest absolute Gasteiger partial charge is 0.212 e. The van der Waals surface area contributed by atoms with E-state index in [0.29, 0.717) is 22.9 Å². The second-order valence-corrected chi connectivity index (χ2v) is 5.96. The highest BCUT2D eigenvalue weighted by molar-refractivity contribution is 5.62. The Morgan fingerprint density at radius 3 is 2.65 bits per heavy atom. The van der Waals surface area contributed by atoms with Gasteiger partial charge in [0.25, 0.3) is 0 Å². The number of anilines is 2. The third-order valence-corrected chi connectivity index (χ3v) is 4.26. The van der Waals surface area contributed by atoms with Gasteiger partial charge in [-0.2, -0.15) is 5.26 Å². The quantitative estimate of drug-likeness (QED) is 0.703. The number of ether oxygens (including phenoxy) is 1. The van der Waals surface area contributed by atoms with Gasteiger partial charge < -0.3 is 15.8 Å². The molecule has 1 aliphatic heterocycles. The van der Waals surface area contributed by atoms with Gasteiger partial charge in [-0.05, 0) is 29.8 Å². The summed E-state index contributed by atoms with van der Waals surface area (Å²) >= 11 is 0. The van der Waals surface area contributed by atoms with Crippen LogP contribution < -0.4 is 15.8 Å². The summed E-state index contributed by atoms with van der Waals surface area (Å²) in [6.07, 6.45) is 3.49. The number of nitrogens with two attached hydrogens (primary N) is 1. The highest BCUT2D eigenvalue weighted by Gasteiger charge is 2.32. The standard InChI is InChI=1S/C21H16N4O/c22-12-18-20(14-5-4-10-24-13-14)17-9-8-15(23)11-19(17)26-21(18)25-16-6-2-1-3-7-16/h1-11,13,20,25H,23H2. The molecule has 1 aliphatic rings. The molecule has 2 aromatic carbocycles. The lowest BCUT2D eigenvalue weighted by Gasteiger charge is -2.28. The third kappa shape index (κ3) is 2.85. The normalized spacial score (nSPS) is 15.6.